The normalized spacial score (nSPS) is 15.4. The van der Waals surface area contributed by atoms with Gasteiger partial charge in [-0.15, -0.1) is 0 Å². The van der Waals surface area contributed by atoms with Gasteiger partial charge in [-0.25, -0.2) is 0 Å². The van der Waals surface area contributed by atoms with Crippen LogP contribution >= 0.6 is 0 Å². The lowest BCUT2D eigenvalue weighted by molar-refractivity contribution is -0.129. The van der Waals surface area contributed by atoms with Crippen LogP contribution in [0.4, 0.5) is 11.4 Å². The molecule has 1 amide bonds. The minimum absolute atomic E-state index is 0.218. The minimum Gasteiger partial charge on any atom is -0.385 e. The standard InChI is InChI=1S/C20H33N3O/c1-4-5-14-22(3)20(24)10-13-21-18-6-8-19(9-7-18)23-15-11-17(2)12-16-23/h6-9,17,21H,4-5,10-16H2,1-3H3. The van der Waals surface area contributed by atoms with Crippen LogP contribution in [0.25, 0.3) is 0 Å². The summed E-state index contributed by atoms with van der Waals surface area (Å²) in [4.78, 5) is 16.3. The van der Waals surface area contributed by atoms with Gasteiger partial charge in [0.05, 0.1) is 0 Å². The third-order valence-corrected chi connectivity index (χ3v) is 4.96. The van der Waals surface area contributed by atoms with Gasteiger partial charge in [0.1, 0.15) is 0 Å². The molecule has 1 N–H and O–H groups in total. The van der Waals surface area contributed by atoms with Crippen LogP contribution in [-0.2, 0) is 4.79 Å². The molecule has 0 spiro atoms. The molecule has 1 aromatic carbocycles. The second kappa shape index (κ2) is 9.55. The SMILES string of the molecule is CCCCN(C)C(=O)CCNc1ccc(N2CCC(C)CC2)cc1. The Hall–Kier alpha value is -1.71. The van der Waals surface area contributed by atoms with Gasteiger partial charge in [0.15, 0.2) is 0 Å². The summed E-state index contributed by atoms with van der Waals surface area (Å²) in [6, 6.07) is 8.62. The number of unbranched alkanes of at least 4 members (excludes halogenated alkanes) is 1. The van der Waals surface area contributed by atoms with Crippen LogP contribution in [0.15, 0.2) is 24.3 Å². The number of piperidine rings is 1. The molecule has 1 aliphatic heterocycles. The van der Waals surface area contributed by atoms with Crippen molar-refractivity contribution in [1.29, 1.82) is 0 Å². The Kier molecular flexibility index (Phi) is 7.41. The maximum atomic E-state index is 12.0. The second-order valence-electron chi connectivity index (χ2n) is 7.06. The third-order valence-electron chi connectivity index (χ3n) is 4.96. The number of nitrogens with zero attached hydrogens (tertiary/aromatic N) is 2. The monoisotopic (exact) mass is 331 g/mol. The number of amides is 1. The molecule has 4 nitrogen and oxygen atoms in total. The summed E-state index contributed by atoms with van der Waals surface area (Å²) in [5.74, 6) is 1.07. The van der Waals surface area contributed by atoms with Crippen molar-refractivity contribution in [3.05, 3.63) is 24.3 Å². The molecule has 0 aromatic heterocycles. The highest BCUT2D eigenvalue weighted by molar-refractivity contribution is 5.76. The Morgan fingerprint density at radius 2 is 1.92 bits per heavy atom. The van der Waals surface area contributed by atoms with Crippen molar-refractivity contribution in [2.75, 3.05) is 43.4 Å². The zero-order valence-corrected chi connectivity index (χ0v) is 15.6. The first-order valence-corrected chi connectivity index (χ1v) is 9.43. The highest BCUT2D eigenvalue weighted by Crippen LogP contribution is 2.24. The van der Waals surface area contributed by atoms with E-state index < -0.39 is 0 Å². The highest BCUT2D eigenvalue weighted by atomic mass is 16.2. The van der Waals surface area contributed by atoms with Gasteiger partial charge in [-0.1, -0.05) is 20.3 Å². The van der Waals surface area contributed by atoms with Crippen molar-refractivity contribution in [2.45, 2.75) is 46.0 Å². The van der Waals surface area contributed by atoms with Gasteiger partial charge in [-0.2, -0.15) is 0 Å². The van der Waals surface area contributed by atoms with Gasteiger partial charge in [-0.3, -0.25) is 4.79 Å². The van der Waals surface area contributed by atoms with Gasteiger partial charge in [0, 0.05) is 51.0 Å². The summed E-state index contributed by atoms with van der Waals surface area (Å²) in [5.41, 5.74) is 2.40. The van der Waals surface area contributed by atoms with E-state index >= 15 is 0 Å². The van der Waals surface area contributed by atoms with Crippen LogP contribution < -0.4 is 10.2 Å². The molecule has 0 saturated carbocycles. The van der Waals surface area contributed by atoms with Gasteiger partial charge in [0.25, 0.3) is 0 Å². The fourth-order valence-corrected chi connectivity index (χ4v) is 3.08. The first kappa shape index (κ1) is 18.6. The molecule has 1 saturated heterocycles. The molecule has 0 radical (unpaired) electrons. The quantitative estimate of drug-likeness (QED) is 0.782. The van der Waals surface area contributed by atoms with Gasteiger partial charge < -0.3 is 15.1 Å². The lowest BCUT2D eigenvalue weighted by Gasteiger charge is -2.32. The highest BCUT2D eigenvalue weighted by Gasteiger charge is 2.15. The molecule has 0 atom stereocenters. The van der Waals surface area contributed by atoms with Crippen molar-refractivity contribution < 1.29 is 4.79 Å². The predicted molar refractivity (Wildman–Crippen MR) is 103 cm³/mol. The van der Waals surface area contributed by atoms with Crippen molar-refractivity contribution in [1.82, 2.24) is 4.90 Å². The number of anilines is 2. The number of nitrogens with one attached hydrogen (secondary N) is 1. The largest absolute Gasteiger partial charge is 0.385 e. The predicted octanol–water partition coefficient (Wildman–Crippen LogP) is 3.98. The third kappa shape index (κ3) is 5.73. The summed E-state index contributed by atoms with van der Waals surface area (Å²) in [5, 5.41) is 3.36. The van der Waals surface area contributed by atoms with Crippen LogP contribution in [0.1, 0.15) is 46.0 Å². The van der Waals surface area contributed by atoms with Crippen molar-refractivity contribution in [3.8, 4) is 0 Å². The van der Waals surface area contributed by atoms with E-state index in [1.54, 1.807) is 0 Å². The Morgan fingerprint density at radius 3 is 2.54 bits per heavy atom. The molecule has 0 bridgehead atoms. The number of carbonyl (C=O) groups excluding carboxylic acids is 1. The van der Waals surface area contributed by atoms with E-state index in [1.807, 2.05) is 11.9 Å². The lowest BCUT2D eigenvalue weighted by atomic mass is 9.99. The molecule has 24 heavy (non-hydrogen) atoms. The molecule has 1 aromatic rings. The summed E-state index contributed by atoms with van der Waals surface area (Å²) < 4.78 is 0. The van der Waals surface area contributed by atoms with E-state index in [0.29, 0.717) is 13.0 Å². The lowest BCUT2D eigenvalue weighted by Crippen LogP contribution is -2.32. The van der Waals surface area contributed by atoms with Crippen LogP contribution in [-0.4, -0.2) is 44.0 Å². The zero-order chi connectivity index (χ0) is 17.4. The molecule has 1 fully saturated rings. The van der Waals surface area contributed by atoms with Crippen molar-refractivity contribution in [2.24, 2.45) is 5.92 Å². The van der Waals surface area contributed by atoms with E-state index in [-0.39, 0.29) is 5.91 Å². The summed E-state index contributed by atoms with van der Waals surface area (Å²) >= 11 is 0. The number of carbonyl (C=O) groups is 1. The van der Waals surface area contributed by atoms with Crippen molar-refractivity contribution in [3.63, 3.8) is 0 Å². The summed E-state index contributed by atoms with van der Waals surface area (Å²) in [7, 11) is 1.90. The first-order valence-electron chi connectivity index (χ1n) is 9.43. The maximum absolute atomic E-state index is 12.0. The number of benzene rings is 1. The number of hydrogen-bond donors (Lipinski definition) is 1. The van der Waals surface area contributed by atoms with E-state index in [1.165, 1.54) is 18.5 Å². The van der Waals surface area contributed by atoms with E-state index in [9.17, 15) is 4.79 Å². The Morgan fingerprint density at radius 1 is 1.25 bits per heavy atom. The minimum atomic E-state index is 0.218. The molecule has 0 aliphatic carbocycles. The molecule has 4 heteroatoms. The van der Waals surface area contributed by atoms with Crippen LogP contribution in [0.3, 0.4) is 0 Å². The van der Waals surface area contributed by atoms with E-state index in [2.05, 4.69) is 48.3 Å². The number of rotatable bonds is 8. The molecular formula is C20H33N3O. The zero-order valence-electron chi connectivity index (χ0n) is 15.6. The number of hydrogen-bond acceptors (Lipinski definition) is 3. The fourth-order valence-electron chi connectivity index (χ4n) is 3.08. The Bertz CT molecular complexity index is 492. The molecule has 1 aliphatic rings. The molecule has 2 rings (SSSR count). The van der Waals surface area contributed by atoms with Crippen LogP contribution in [0.2, 0.25) is 0 Å². The summed E-state index contributed by atoms with van der Waals surface area (Å²) in [6.07, 6.45) is 5.32. The molecule has 0 unspecified atom stereocenters. The van der Waals surface area contributed by atoms with Gasteiger partial charge in [-0.05, 0) is 49.4 Å². The van der Waals surface area contributed by atoms with Gasteiger partial charge in [0.2, 0.25) is 5.91 Å². The molecule has 134 valence electrons. The second-order valence-corrected chi connectivity index (χ2v) is 7.06. The topological polar surface area (TPSA) is 35.6 Å². The fraction of sp³-hybridized carbons (Fsp3) is 0.650. The Balaban J connectivity index is 1.73. The van der Waals surface area contributed by atoms with E-state index in [0.717, 1.165) is 44.1 Å². The van der Waals surface area contributed by atoms with Crippen LogP contribution in [0.5, 0.6) is 0 Å². The maximum Gasteiger partial charge on any atom is 0.224 e. The molecule has 1 heterocycles. The smallest absolute Gasteiger partial charge is 0.224 e. The first-order chi connectivity index (χ1) is 11.6. The van der Waals surface area contributed by atoms with E-state index in [4.69, 9.17) is 0 Å². The average molecular weight is 332 g/mol. The summed E-state index contributed by atoms with van der Waals surface area (Å²) in [6.45, 7) is 8.35. The van der Waals surface area contributed by atoms with Crippen LogP contribution in [0, 0.1) is 5.92 Å². The van der Waals surface area contributed by atoms with Gasteiger partial charge >= 0.3 is 0 Å². The molecular weight excluding hydrogens is 298 g/mol. The van der Waals surface area contributed by atoms with Crippen molar-refractivity contribution >= 4 is 17.3 Å². The Labute approximate surface area is 147 Å². The average Bonchev–Trinajstić information content (AvgIpc) is 2.61.